The summed E-state index contributed by atoms with van der Waals surface area (Å²) < 4.78 is 41.5. The molecule has 1 heterocycles. The third-order valence-electron chi connectivity index (χ3n) is 2.69. The summed E-state index contributed by atoms with van der Waals surface area (Å²) in [6.45, 7) is 1.04. The molecule has 2 N–H and O–H groups in total. The highest BCUT2D eigenvalue weighted by Gasteiger charge is 2.25. The van der Waals surface area contributed by atoms with Crippen LogP contribution in [-0.4, -0.2) is 18.5 Å². The molecular formula is C12H12BrFN2O3S2. The van der Waals surface area contributed by atoms with Gasteiger partial charge in [-0.25, -0.2) is 22.5 Å². The SMILES string of the molecule is CC(NS(=O)(=O)c1cc(Br)cc(CO)c1F)c1nccs1. The zero-order valence-electron chi connectivity index (χ0n) is 10.9. The number of halogens is 2. The molecule has 0 spiro atoms. The summed E-state index contributed by atoms with van der Waals surface area (Å²) in [5.41, 5.74) is -0.0911. The fourth-order valence-electron chi connectivity index (χ4n) is 1.72. The van der Waals surface area contributed by atoms with Gasteiger partial charge < -0.3 is 5.11 Å². The zero-order chi connectivity index (χ0) is 15.6. The molecule has 2 aromatic rings. The Kier molecular flexibility index (Phi) is 5.10. The van der Waals surface area contributed by atoms with Crippen LogP contribution in [0.1, 0.15) is 23.5 Å². The summed E-state index contributed by atoms with van der Waals surface area (Å²) in [5, 5.41) is 11.4. The van der Waals surface area contributed by atoms with Gasteiger partial charge in [-0.15, -0.1) is 11.3 Å². The highest BCUT2D eigenvalue weighted by molar-refractivity contribution is 9.10. The molecule has 0 radical (unpaired) electrons. The first-order chi connectivity index (χ1) is 9.85. The van der Waals surface area contributed by atoms with E-state index in [4.69, 9.17) is 5.11 Å². The summed E-state index contributed by atoms with van der Waals surface area (Å²) in [6.07, 6.45) is 1.56. The van der Waals surface area contributed by atoms with Crippen LogP contribution in [-0.2, 0) is 16.6 Å². The zero-order valence-corrected chi connectivity index (χ0v) is 14.1. The molecule has 0 aliphatic rings. The summed E-state index contributed by atoms with van der Waals surface area (Å²) in [5.74, 6) is -0.959. The van der Waals surface area contributed by atoms with Gasteiger partial charge in [0.1, 0.15) is 15.7 Å². The molecule has 0 saturated heterocycles. The van der Waals surface area contributed by atoms with Gasteiger partial charge in [0, 0.05) is 21.6 Å². The number of aromatic nitrogens is 1. The number of benzene rings is 1. The maximum Gasteiger partial charge on any atom is 0.244 e. The molecule has 0 amide bonds. The monoisotopic (exact) mass is 394 g/mol. The number of aliphatic hydroxyl groups is 1. The van der Waals surface area contributed by atoms with Gasteiger partial charge in [-0.1, -0.05) is 15.9 Å². The molecule has 21 heavy (non-hydrogen) atoms. The van der Waals surface area contributed by atoms with Crippen molar-refractivity contribution in [3.63, 3.8) is 0 Å². The van der Waals surface area contributed by atoms with Gasteiger partial charge >= 0.3 is 0 Å². The number of nitrogens with one attached hydrogen (secondary N) is 1. The van der Waals surface area contributed by atoms with Crippen LogP contribution >= 0.6 is 27.3 Å². The fraction of sp³-hybridized carbons (Fsp3) is 0.250. The third kappa shape index (κ3) is 3.67. The van der Waals surface area contributed by atoms with Gasteiger partial charge in [-0.2, -0.15) is 0 Å². The van der Waals surface area contributed by atoms with E-state index in [2.05, 4.69) is 25.6 Å². The van der Waals surface area contributed by atoms with Crippen LogP contribution in [0.3, 0.4) is 0 Å². The van der Waals surface area contributed by atoms with Crippen molar-refractivity contribution in [2.24, 2.45) is 0 Å². The molecule has 5 nitrogen and oxygen atoms in total. The lowest BCUT2D eigenvalue weighted by Crippen LogP contribution is -2.28. The van der Waals surface area contributed by atoms with Gasteiger partial charge in [-0.3, -0.25) is 0 Å². The van der Waals surface area contributed by atoms with Crippen LogP contribution in [0.25, 0.3) is 0 Å². The Hall–Kier alpha value is -0.870. The Balaban J connectivity index is 2.38. The maximum atomic E-state index is 14.1. The van der Waals surface area contributed by atoms with Crippen molar-refractivity contribution in [1.82, 2.24) is 9.71 Å². The van der Waals surface area contributed by atoms with Crippen LogP contribution in [0.5, 0.6) is 0 Å². The molecule has 0 aliphatic heterocycles. The Bertz CT molecular complexity index is 735. The molecular weight excluding hydrogens is 383 g/mol. The Labute approximate surface area is 134 Å². The van der Waals surface area contributed by atoms with E-state index in [0.29, 0.717) is 9.48 Å². The molecule has 9 heteroatoms. The smallest absolute Gasteiger partial charge is 0.244 e. The molecule has 1 unspecified atom stereocenters. The first-order valence-corrected chi connectivity index (χ1v) is 9.01. The highest BCUT2D eigenvalue weighted by Crippen LogP contribution is 2.26. The Morgan fingerprint density at radius 3 is 2.81 bits per heavy atom. The second kappa shape index (κ2) is 6.49. The van der Waals surface area contributed by atoms with E-state index in [9.17, 15) is 12.8 Å². The summed E-state index contributed by atoms with van der Waals surface area (Å²) in [6, 6.07) is 1.91. The number of thiazole rings is 1. The number of sulfonamides is 1. The first-order valence-electron chi connectivity index (χ1n) is 5.85. The van der Waals surface area contributed by atoms with Crippen molar-refractivity contribution in [1.29, 1.82) is 0 Å². The van der Waals surface area contributed by atoms with Gasteiger partial charge in [0.05, 0.1) is 12.6 Å². The molecule has 1 aromatic heterocycles. The Morgan fingerprint density at radius 1 is 1.52 bits per heavy atom. The third-order valence-corrected chi connectivity index (χ3v) is 5.65. The van der Waals surface area contributed by atoms with E-state index in [-0.39, 0.29) is 5.56 Å². The lowest BCUT2D eigenvalue weighted by molar-refractivity contribution is 0.274. The van der Waals surface area contributed by atoms with E-state index < -0.39 is 33.4 Å². The average Bonchev–Trinajstić information content (AvgIpc) is 2.94. The molecule has 0 aliphatic carbocycles. The number of aliphatic hydroxyl groups excluding tert-OH is 1. The van der Waals surface area contributed by atoms with Crippen molar-refractivity contribution < 1.29 is 17.9 Å². The maximum absolute atomic E-state index is 14.1. The first kappa shape index (κ1) is 16.5. The standard InChI is InChI=1S/C12H12BrFN2O3S2/c1-7(12-15-2-3-20-12)16-21(18,19)10-5-9(13)4-8(6-17)11(10)14/h2-5,7,16-17H,6H2,1H3. The van der Waals surface area contributed by atoms with Crippen LogP contribution < -0.4 is 4.72 Å². The van der Waals surface area contributed by atoms with Crippen molar-refractivity contribution in [2.75, 3.05) is 0 Å². The van der Waals surface area contributed by atoms with Crippen molar-refractivity contribution in [3.05, 3.63) is 44.6 Å². The molecule has 1 atom stereocenters. The largest absolute Gasteiger partial charge is 0.392 e. The molecule has 0 bridgehead atoms. The van der Waals surface area contributed by atoms with E-state index in [1.165, 1.54) is 17.4 Å². The van der Waals surface area contributed by atoms with E-state index >= 15 is 0 Å². The minimum absolute atomic E-state index is 0.0911. The summed E-state index contributed by atoms with van der Waals surface area (Å²) in [4.78, 5) is 3.51. The number of hydrogen-bond acceptors (Lipinski definition) is 5. The number of hydrogen-bond donors (Lipinski definition) is 2. The lowest BCUT2D eigenvalue weighted by atomic mass is 10.2. The van der Waals surface area contributed by atoms with Gasteiger partial charge in [0.15, 0.2) is 0 Å². The van der Waals surface area contributed by atoms with Crippen molar-refractivity contribution in [2.45, 2.75) is 24.5 Å². The van der Waals surface area contributed by atoms with Gasteiger partial charge in [0.2, 0.25) is 10.0 Å². The van der Waals surface area contributed by atoms with Crippen LogP contribution in [0.4, 0.5) is 4.39 Å². The van der Waals surface area contributed by atoms with E-state index in [1.54, 1.807) is 18.5 Å². The minimum Gasteiger partial charge on any atom is -0.392 e. The normalized spacial score (nSPS) is 13.3. The quantitative estimate of drug-likeness (QED) is 0.816. The summed E-state index contributed by atoms with van der Waals surface area (Å²) >= 11 is 4.41. The van der Waals surface area contributed by atoms with E-state index in [1.807, 2.05) is 0 Å². The van der Waals surface area contributed by atoms with Gasteiger partial charge in [0.25, 0.3) is 0 Å². The van der Waals surface area contributed by atoms with Gasteiger partial charge in [-0.05, 0) is 19.1 Å². The molecule has 114 valence electrons. The van der Waals surface area contributed by atoms with Crippen LogP contribution in [0, 0.1) is 5.82 Å². The second-order valence-electron chi connectivity index (χ2n) is 4.25. The van der Waals surface area contributed by atoms with Crippen LogP contribution in [0.2, 0.25) is 0 Å². The average molecular weight is 395 g/mol. The molecule has 0 saturated carbocycles. The summed E-state index contributed by atoms with van der Waals surface area (Å²) in [7, 11) is -4.07. The second-order valence-corrected chi connectivity index (χ2v) is 7.77. The predicted octanol–water partition coefficient (Wildman–Crippen LogP) is 2.58. The highest BCUT2D eigenvalue weighted by atomic mass is 79.9. The molecule has 2 rings (SSSR count). The molecule has 1 aromatic carbocycles. The topological polar surface area (TPSA) is 79.3 Å². The fourth-order valence-corrected chi connectivity index (χ4v) is 4.45. The lowest BCUT2D eigenvalue weighted by Gasteiger charge is -2.14. The molecule has 0 fully saturated rings. The number of nitrogens with zero attached hydrogens (tertiary/aromatic N) is 1. The van der Waals surface area contributed by atoms with Crippen molar-refractivity contribution >= 4 is 37.3 Å². The van der Waals surface area contributed by atoms with Crippen LogP contribution in [0.15, 0.2) is 33.1 Å². The van der Waals surface area contributed by atoms with Crippen molar-refractivity contribution in [3.8, 4) is 0 Å². The minimum atomic E-state index is -4.07. The Morgan fingerprint density at radius 2 is 2.24 bits per heavy atom. The predicted molar refractivity (Wildman–Crippen MR) is 80.9 cm³/mol. The number of rotatable bonds is 5. The van der Waals surface area contributed by atoms with E-state index in [0.717, 1.165) is 6.07 Å².